The molecule has 0 aliphatic carbocycles. The first-order valence-electron chi connectivity index (χ1n) is 5.91. The van der Waals surface area contributed by atoms with E-state index in [9.17, 15) is 4.79 Å². The van der Waals surface area contributed by atoms with Gasteiger partial charge in [-0.25, -0.2) is 0 Å². The minimum atomic E-state index is 0.273. The van der Waals surface area contributed by atoms with Crippen LogP contribution in [0.25, 0.3) is 0 Å². The third kappa shape index (κ3) is 8.22. The molecule has 1 heteroatoms. The molecule has 0 saturated heterocycles. The Morgan fingerprint density at radius 2 is 2.00 bits per heavy atom. The quantitative estimate of drug-likeness (QED) is 0.436. The van der Waals surface area contributed by atoms with Gasteiger partial charge >= 0.3 is 0 Å². The Morgan fingerprint density at radius 3 is 2.50 bits per heavy atom. The molecule has 0 aromatic carbocycles. The summed E-state index contributed by atoms with van der Waals surface area (Å²) in [6.07, 6.45) is 7.14. The molecular formula is C15H24O. The van der Waals surface area contributed by atoms with Gasteiger partial charge < -0.3 is 0 Å². The van der Waals surface area contributed by atoms with Crippen LogP contribution in [0.2, 0.25) is 0 Å². The number of Topliss-reactive ketones (excluding diaryl/α,β-unsaturated/α-hetero) is 1. The molecular weight excluding hydrogens is 196 g/mol. The van der Waals surface area contributed by atoms with Gasteiger partial charge in [0.1, 0.15) is 5.78 Å². The van der Waals surface area contributed by atoms with Gasteiger partial charge in [-0.1, -0.05) is 37.8 Å². The molecule has 1 nitrogen and oxygen atoms in total. The van der Waals surface area contributed by atoms with Crippen LogP contribution < -0.4 is 0 Å². The highest BCUT2D eigenvalue weighted by atomic mass is 16.1. The fraction of sp³-hybridized carbons (Fsp3) is 0.533. The molecule has 0 heterocycles. The van der Waals surface area contributed by atoms with Crippen molar-refractivity contribution in [2.24, 2.45) is 5.92 Å². The normalized spacial score (nSPS) is 11.7. The summed E-state index contributed by atoms with van der Waals surface area (Å²) >= 11 is 0. The zero-order valence-electron chi connectivity index (χ0n) is 10.9. The molecule has 0 unspecified atom stereocenters. The summed E-state index contributed by atoms with van der Waals surface area (Å²) in [7, 11) is 0. The number of hydrogen-bond acceptors (Lipinski definition) is 1. The fourth-order valence-electron chi connectivity index (χ4n) is 1.54. The maximum Gasteiger partial charge on any atom is 0.137 e. The lowest BCUT2D eigenvalue weighted by molar-refractivity contribution is -0.119. The van der Waals surface area contributed by atoms with E-state index in [0.717, 1.165) is 18.4 Å². The summed E-state index contributed by atoms with van der Waals surface area (Å²) in [5.41, 5.74) is 2.17. The smallest absolute Gasteiger partial charge is 0.137 e. The zero-order valence-corrected chi connectivity index (χ0v) is 10.9. The number of ketones is 1. The van der Waals surface area contributed by atoms with Gasteiger partial charge in [-0.05, 0) is 38.2 Å². The molecule has 0 aromatic heterocycles. The van der Waals surface area contributed by atoms with Crippen molar-refractivity contribution < 1.29 is 4.79 Å². The van der Waals surface area contributed by atoms with E-state index in [2.05, 4.69) is 40.0 Å². The monoisotopic (exact) mass is 220 g/mol. The Bertz CT molecular complexity index is 280. The summed E-state index contributed by atoms with van der Waals surface area (Å²) in [5, 5.41) is 0. The Morgan fingerprint density at radius 1 is 1.38 bits per heavy atom. The van der Waals surface area contributed by atoms with E-state index in [1.54, 1.807) is 6.08 Å². The first-order valence-corrected chi connectivity index (χ1v) is 5.91. The fourth-order valence-corrected chi connectivity index (χ4v) is 1.54. The van der Waals surface area contributed by atoms with E-state index in [1.165, 1.54) is 5.57 Å². The van der Waals surface area contributed by atoms with Gasteiger partial charge in [-0.2, -0.15) is 0 Å². The Kier molecular flexibility index (Phi) is 7.53. The SMILES string of the molecule is C=CC(=C)CC(=O)C[C@@H](C)CCC=C(C)C. The van der Waals surface area contributed by atoms with Crippen LogP contribution in [0, 0.1) is 5.92 Å². The second kappa shape index (κ2) is 8.09. The zero-order chi connectivity index (χ0) is 12.6. The van der Waals surface area contributed by atoms with Crippen LogP contribution in [0.15, 0.2) is 36.5 Å². The van der Waals surface area contributed by atoms with Crippen molar-refractivity contribution in [1.29, 1.82) is 0 Å². The van der Waals surface area contributed by atoms with Gasteiger partial charge in [0, 0.05) is 12.8 Å². The third-order valence-corrected chi connectivity index (χ3v) is 2.50. The topological polar surface area (TPSA) is 17.1 Å². The number of rotatable bonds is 8. The largest absolute Gasteiger partial charge is 0.299 e. The second-order valence-electron chi connectivity index (χ2n) is 4.75. The van der Waals surface area contributed by atoms with Crippen molar-refractivity contribution in [2.45, 2.75) is 46.5 Å². The van der Waals surface area contributed by atoms with Crippen LogP contribution in [0.4, 0.5) is 0 Å². The van der Waals surface area contributed by atoms with Crippen LogP contribution in [0.5, 0.6) is 0 Å². The van der Waals surface area contributed by atoms with Crippen molar-refractivity contribution in [1.82, 2.24) is 0 Å². The number of allylic oxidation sites excluding steroid dienone is 4. The van der Waals surface area contributed by atoms with Gasteiger partial charge in [0.05, 0.1) is 0 Å². The molecule has 0 spiro atoms. The third-order valence-electron chi connectivity index (χ3n) is 2.50. The highest BCUT2D eigenvalue weighted by molar-refractivity contribution is 5.81. The highest BCUT2D eigenvalue weighted by Crippen LogP contribution is 2.14. The predicted molar refractivity (Wildman–Crippen MR) is 71.4 cm³/mol. The average Bonchev–Trinajstić information content (AvgIpc) is 2.16. The molecule has 90 valence electrons. The van der Waals surface area contributed by atoms with E-state index < -0.39 is 0 Å². The van der Waals surface area contributed by atoms with Gasteiger partial charge in [0.15, 0.2) is 0 Å². The minimum Gasteiger partial charge on any atom is -0.299 e. The van der Waals surface area contributed by atoms with Gasteiger partial charge in [-0.15, -0.1) is 0 Å². The highest BCUT2D eigenvalue weighted by Gasteiger charge is 2.08. The van der Waals surface area contributed by atoms with Crippen LogP contribution in [-0.2, 0) is 4.79 Å². The molecule has 0 aromatic rings. The van der Waals surface area contributed by atoms with Gasteiger partial charge in [-0.3, -0.25) is 4.79 Å². The molecule has 0 fully saturated rings. The van der Waals surface area contributed by atoms with Crippen LogP contribution in [0.3, 0.4) is 0 Å². The standard InChI is InChI=1S/C15H24O/c1-6-13(4)10-15(16)11-14(5)9-7-8-12(2)3/h6,8,14H,1,4,7,9-11H2,2-3,5H3/t14-/m0/s1. The lowest BCUT2D eigenvalue weighted by Crippen LogP contribution is -2.05. The number of hydrogen-bond donors (Lipinski definition) is 0. The lowest BCUT2D eigenvalue weighted by Gasteiger charge is -2.09. The van der Waals surface area contributed by atoms with Crippen LogP contribution in [-0.4, -0.2) is 5.78 Å². The molecule has 0 radical (unpaired) electrons. The predicted octanol–water partition coefficient (Wildman–Crippen LogP) is 4.46. The first-order chi connectivity index (χ1) is 7.45. The van der Waals surface area contributed by atoms with Crippen molar-refractivity contribution in [3.05, 3.63) is 36.5 Å². The molecule has 0 saturated carbocycles. The molecule has 16 heavy (non-hydrogen) atoms. The summed E-state index contributed by atoms with van der Waals surface area (Å²) in [6, 6.07) is 0. The summed E-state index contributed by atoms with van der Waals surface area (Å²) in [5.74, 6) is 0.732. The minimum absolute atomic E-state index is 0.273. The number of carbonyl (C=O) groups excluding carboxylic acids is 1. The first kappa shape index (κ1) is 14.9. The molecule has 0 N–H and O–H groups in total. The maximum atomic E-state index is 11.6. The summed E-state index contributed by atoms with van der Waals surface area (Å²) in [4.78, 5) is 11.6. The molecule has 0 rings (SSSR count). The van der Waals surface area contributed by atoms with Crippen LogP contribution in [0.1, 0.15) is 46.5 Å². The van der Waals surface area contributed by atoms with Crippen molar-refractivity contribution >= 4 is 5.78 Å². The molecule has 0 aliphatic heterocycles. The summed E-state index contributed by atoms with van der Waals surface area (Å²) < 4.78 is 0. The molecule has 1 atom stereocenters. The van der Waals surface area contributed by atoms with E-state index in [1.807, 2.05) is 0 Å². The van der Waals surface area contributed by atoms with E-state index in [0.29, 0.717) is 18.8 Å². The van der Waals surface area contributed by atoms with Gasteiger partial charge in [0.2, 0.25) is 0 Å². The van der Waals surface area contributed by atoms with Crippen molar-refractivity contribution in [2.75, 3.05) is 0 Å². The molecule has 0 bridgehead atoms. The van der Waals surface area contributed by atoms with E-state index in [4.69, 9.17) is 0 Å². The Balaban J connectivity index is 3.82. The second-order valence-corrected chi connectivity index (χ2v) is 4.75. The maximum absolute atomic E-state index is 11.6. The van der Waals surface area contributed by atoms with Crippen LogP contribution >= 0.6 is 0 Å². The van der Waals surface area contributed by atoms with Gasteiger partial charge in [0.25, 0.3) is 0 Å². The Labute approximate surface area is 99.9 Å². The summed E-state index contributed by atoms with van der Waals surface area (Å²) in [6.45, 7) is 13.7. The van der Waals surface area contributed by atoms with E-state index >= 15 is 0 Å². The van der Waals surface area contributed by atoms with E-state index in [-0.39, 0.29) is 5.78 Å². The average molecular weight is 220 g/mol. The lowest BCUT2D eigenvalue weighted by atomic mass is 9.96. The van der Waals surface area contributed by atoms with Crippen molar-refractivity contribution in [3.8, 4) is 0 Å². The van der Waals surface area contributed by atoms with Crippen molar-refractivity contribution in [3.63, 3.8) is 0 Å². The number of carbonyl (C=O) groups is 1. The molecule has 0 amide bonds. The molecule has 0 aliphatic rings. The Hall–Kier alpha value is -1.11.